The second-order valence-corrected chi connectivity index (χ2v) is 2.70. The van der Waals surface area contributed by atoms with Gasteiger partial charge in [-0.3, -0.25) is 4.90 Å². The monoisotopic (exact) mass is 165 g/mol. The van der Waals surface area contributed by atoms with Crippen LogP contribution in [0.15, 0.2) is 0 Å². The first-order valence-electron chi connectivity index (χ1n) is 3.82. The van der Waals surface area contributed by atoms with Crippen molar-refractivity contribution >= 4 is 0 Å². The topological polar surface area (TPSA) is 12.5 Å². The smallest absolute Gasteiger partial charge is 0.184 e. The van der Waals surface area contributed by atoms with E-state index in [1.54, 1.807) is 0 Å². The van der Waals surface area contributed by atoms with Gasteiger partial charge in [0.1, 0.15) is 6.17 Å². The number of rotatable bonds is 2. The highest BCUT2D eigenvalue weighted by atomic mass is 19.2. The Labute approximate surface area is 65.1 Å². The molecule has 66 valence electrons. The maximum absolute atomic E-state index is 12.9. The van der Waals surface area contributed by atoms with Gasteiger partial charge in [-0.15, -0.1) is 0 Å². The molecule has 2 nitrogen and oxygen atoms in total. The third kappa shape index (κ3) is 2.38. The van der Waals surface area contributed by atoms with E-state index in [4.69, 9.17) is 4.74 Å². The van der Waals surface area contributed by atoms with E-state index in [0.29, 0.717) is 26.3 Å². The van der Waals surface area contributed by atoms with Crippen LogP contribution < -0.4 is 0 Å². The Morgan fingerprint density at radius 2 is 1.82 bits per heavy atom. The Morgan fingerprint density at radius 3 is 2.27 bits per heavy atom. The molecule has 1 rings (SSSR count). The summed E-state index contributed by atoms with van der Waals surface area (Å²) in [7, 11) is 0. The highest BCUT2D eigenvalue weighted by molar-refractivity contribution is 4.69. The number of hydrogen-bond acceptors (Lipinski definition) is 2. The molecular formula is C7H13F2NO. The number of nitrogens with zero attached hydrogens (tertiary/aromatic N) is 1. The van der Waals surface area contributed by atoms with Crippen LogP contribution in [0.3, 0.4) is 0 Å². The zero-order valence-corrected chi connectivity index (χ0v) is 6.59. The minimum atomic E-state index is -1.46. The van der Waals surface area contributed by atoms with Crippen LogP contribution >= 0.6 is 0 Å². The summed E-state index contributed by atoms with van der Waals surface area (Å²) in [4.78, 5) is 1.47. The van der Waals surface area contributed by atoms with Crippen LogP contribution in [0, 0.1) is 0 Å². The molecule has 1 saturated heterocycles. The summed E-state index contributed by atoms with van der Waals surface area (Å²) in [5.41, 5.74) is 0. The molecule has 0 spiro atoms. The van der Waals surface area contributed by atoms with E-state index in [0.717, 1.165) is 0 Å². The Hall–Kier alpha value is -0.220. The Morgan fingerprint density at radius 1 is 1.27 bits per heavy atom. The summed E-state index contributed by atoms with van der Waals surface area (Å²) in [6.45, 7) is 3.24. The summed E-state index contributed by atoms with van der Waals surface area (Å²) in [6, 6.07) is 0. The van der Waals surface area contributed by atoms with Gasteiger partial charge in [-0.05, 0) is 6.92 Å². The van der Waals surface area contributed by atoms with Gasteiger partial charge in [-0.1, -0.05) is 0 Å². The molecule has 1 heterocycles. The number of halogens is 2. The van der Waals surface area contributed by atoms with Gasteiger partial charge in [0.05, 0.1) is 13.2 Å². The third-order valence-corrected chi connectivity index (χ3v) is 1.77. The third-order valence-electron chi connectivity index (χ3n) is 1.77. The molecule has 2 atom stereocenters. The van der Waals surface area contributed by atoms with Crippen molar-refractivity contribution in [3.63, 3.8) is 0 Å². The molecule has 0 saturated carbocycles. The van der Waals surface area contributed by atoms with Crippen LogP contribution in [0.25, 0.3) is 0 Å². The molecule has 1 aliphatic heterocycles. The highest BCUT2D eigenvalue weighted by Gasteiger charge is 2.24. The molecule has 4 heteroatoms. The molecule has 0 N–H and O–H groups in total. The minimum Gasteiger partial charge on any atom is -0.379 e. The molecule has 0 amide bonds. The quantitative estimate of drug-likeness (QED) is 0.565. The second kappa shape index (κ2) is 3.97. The molecule has 1 fully saturated rings. The first-order valence-corrected chi connectivity index (χ1v) is 3.82. The van der Waals surface area contributed by atoms with Crippen LogP contribution in [-0.4, -0.2) is 43.7 Å². The molecule has 0 aromatic carbocycles. The van der Waals surface area contributed by atoms with E-state index in [2.05, 4.69) is 0 Å². The van der Waals surface area contributed by atoms with Gasteiger partial charge < -0.3 is 4.74 Å². The molecule has 2 unspecified atom stereocenters. The number of hydrogen-bond donors (Lipinski definition) is 0. The number of alkyl halides is 2. The maximum atomic E-state index is 12.9. The molecule has 1 aliphatic rings. The summed E-state index contributed by atoms with van der Waals surface area (Å²) in [6.07, 6.45) is -2.87. The maximum Gasteiger partial charge on any atom is 0.184 e. The molecule has 0 radical (unpaired) electrons. The SMILES string of the molecule is CC(F)C(F)N1CCOCC1. The summed E-state index contributed by atoms with van der Waals surface area (Å²) in [5, 5.41) is 0. The summed E-state index contributed by atoms with van der Waals surface area (Å²) < 4.78 is 30.3. The first-order chi connectivity index (χ1) is 5.22. The van der Waals surface area contributed by atoms with Crippen molar-refractivity contribution in [2.24, 2.45) is 0 Å². The van der Waals surface area contributed by atoms with Crippen LogP contribution in [0.1, 0.15) is 6.92 Å². The van der Waals surface area contributed by atoms with Crippen LogP contribution in [0.2, 0.25) is 0 Å². The summed E-state index contributed by atoms with van der Waals surface area (Å²) in [5.74, 6) is 0. The molecule has 0 bridgehead atoms. The molecule has 0 aromatic rings. The number of ether oxygens (including phenoxy) is 1. The van der Waals surface area contributed by atoms with Crippen molar-refractivity contribution in [3.8, 4) is 0 Å². The normalized spacial score (nSPS) is 26.5. The average molecular weight is 165 g/mol. The van der Waals surface area contributed by atoms with Crippen LogP contribution in [0.5, 0.6) is 0 Å². The molecule has 0 aromatic heterocycles. The zero-order chi connectivity index (χ0) is 8.27. The van der Waals surface area contributed by atoms with Gasteiger partial charge in [0, 0.05) is 13.1 Å². The van der Waals surface area contributed by atoms with Crippen molar-refractivity contribution in [2.75, 3.05) is 26.3 Å². The van der Waals surface area contributed by atoms with Crippen molar-refractivity contribution in [1.29, 1.82) is 0 Å². The lowest BCUT2D eigenvalue weighted by Crippen LogP contribution is -2.44. The van der Waals surface area contributed by atoms with Gasteiger partial charge in [0.2, 0.25) is 0 Å². The highest BCUT2D eigenvalue weighted by Crippen LogP contribution is 2.10. The predicted octanol–water partition coefficient (Wildman–Crippen LogP) is 0.972. The average Bonchev–Trinajstić information content (AvgIpc) is 2.05. The fraction of sp³-hybridized carbons (Fsp3) is 1.00. The largest absolute Gasteiger partial charge is 0.379 e. The van der Waals surface area contributed by atoms with Gasteiger partial charge in [0.15, 0.2) is 6.30 Å². The van der Waals surface area contributed by atoms with E-state index < -0.39 is 12.5 Å². The van der Waals surface area contributed by atoms with Crippen molar-refractivity contribution in [2.45, 2.75) is 19.4 Å². The first kappa shape index (κ1) is 8.87. The Balaban J connectivity index is 2.32. The molecule has 0 aliphatic carbocycles. The van der Waals surface area contributed by atoms with Gasteiger partial charge in [-0.25, -0.2) is 8.78 Å². The zero-order valence-electron chi connectivity index (χ0n) is 6.59. The lowest BCUT2D eigenvalue weighted by molar-refractivity contribution is -0.0466. The van der Waals surface area contributed by atoms with E-state index in [1.807, 2.05) is 0 Å². The summed E-state index contributed by atoms with van der Waals surface area (Å²) >= 11 is 0. The fourth-order valence-electron chi connectivity index (χ4n) is 1.11. The molecular weight excluding hydrogens is 152 g/mol. The van der Waals surface area contributed by atoms with E-state index >= 15 is 0 Å². The van der Waals surface area contributed by atoms with Gasteiger partial charge in [-0.2, -0.15) is 0 Å². The van der Waals surface area contributed by atoms with Gasteiger partial charge >= 0.3 is 0 Å². The van der Waals surface area contributed by atoms with Crippen molar-refractivity contribution in [3.05, 3.63) is 0 Å². The lowest BCUT2D eigenvalue weighted by Gasteiger charge is -2.30. The number of morpholine rings is 1. The van der Waals surface area contributed by atoms with E-state index in [1.165, 1.54) is 11.8 Å². The predicted molar refractivity (Wildman–Crippen MR) is 37.9 cm³/mol. The lowest BCUT2D eigenvalue weighted by atomic mass is 10.3. The Bertz CT molecular complexity index is 115. The minimum absolute atomic E-state index is 0.495. The van der Waals surface area contributed by atoms with E-state index in [9.17, 15) is 8.78 Å². The van der Waals surface area contributed by atoms with Gasteiger partial charge in [0.25, 0.3) is 0 Å². The van der Waals surface area contributed by atoms with E-state index in [-0.39, 0.29) is 0 Å². The van der Waals surface area contributed by atoms with Crippen molar-refractivity contribution in [1.82, 2.24) is 4.90 Å². The van der Waals surface area contributed by atoms with Crippen LogP contribution in [-0.2, 0) is 4.74 Å². The second-order valence-electron chi connectivity index (χ2n) is 2.70. The van der Waals surface area contributed by atoms with Crippen LogP contribution in [0.4, 0.5) is 8.78 Å². The molecule has 11 heavy (non-hydrogen) atoms. The fourth-order valence-corrected chi connectivity index (χ4v) is 1.11. The van der Waals surface area contributed by atoms with Crippen molar-refractivity contribution < 1.29 is 13.5 Å². The standard InChI is InChI=1S/C7H13F2NO/c1-6(8)7(9)10-2-4-11-5-3-10/h6-7H,2-5H2,1H3. The Kier molecular flexibility index (Phi) is 3.20.